The van der Waals surface area contributed by atoms with Gasteiger partial charge in [-0.2, -0.15) is 0 Å². The molecule has 1 aromatic carbocycles. The maximum atomic E-state index is 11.4. The first-order valence-electron chi connectivity index (χ1n) is 6.32. The molecule has 2 rings (SSSR count). The van der Waals surface area contributed by atoms with Gasteiger partial charge in [0.2, 0.25) is 0 Å². The van der Waals surface area contributed by atoms with Gasteiger partial charge in [0.15, 0.2) is 0 Å². The highest BCUT2D eigenvalue weighted by Gasteiger charge is 2.36. The minimum Gasteiger partial charge on any atom is -0.300 e. The Hall–Kier alpha value is -0.820. The summed E-state index contributed by atoms with van der Waals surface area (Å²) in [5.41, 5.74) is 1.37. The van der Waals surface area contributed by atoms with E-state index in [9.17, 15) is 4.79 Å². The predicted octanol–water partition coefficient (Wildman–Crippen LogP) is 4.01. The number of benzene rings is 1. The van der Waals surface area contributed by atoms with E-state index in [2.05, 4.69) is 24.3 Å². The van der Waals surface area contributed by atoms with E-state index >= 15 is 0 Å². The number of halogens is 1. The van der Waals surface area contributed by atoms with Crippen LogP contribution in [0, 0.1) is 11.8 Å². The third-order valence-corrected chi connectivity index (χ3v) is 4.32. The first-order valence-corrected chi connectivity index (χ1v) is 6.86. The van der Waals surface area contributed by atoms with Crippen molar-refractivity contribution in [1.29, 1.82) is 0 Å². The molecule has 1 nitrogen and oxygen atoms in total. The summed E-state index contributed by atoms with van der Waals surface area (Å²) in [4.78, 5) is 11.4. The van der Waals surface area contributed by atoms with Crippen molar-refractivity contribution >= 4 is 17.4 Å². The molecule has 1 aliphatic rings. The fourth-order valence-electron chi connectivity index (χ4n) is 3.10. The Bertz CT molecular complexity index is 374. The van der Waals surface area contributed by atoms with E-state index in [1.165, 1.54) is 12.0 Å². The lowest BCUT2D eigenvalue weighted by Crippen LogP contribution is -2.18. The van der Waals surface area contributed by atoms with Crippen molar-refractivity contribution in [3.8, 4) is 0 Å². The van der Waals surface area contributed by atoms with Gasteiger partial charge < -0.3 is 4.79 Å². The highest BCUT2D eigenvalue weighted by atomic mass is 35.5. The van der Waals surface area contributed by atoms with Gasteiger partial charge in [0, 0.05) is 12.3 Å². The van der Waals surface area contributed by atoms with Gasteiger partial charge in [-0.1, -0.05) is 30.3 Å². The molecule has 0 unspecified atom stereocenters. The van der Waals surface area contributed by atoms with Crippen molar-refractivity contribution in [1.82, 2.24) is 0 Å². The van der Waals surface area contributed by atoms with E-state index in [1.54, 1.807) is 6.92 Å². The van der Waals surface area contributed by atoms with Crippen molar-refractivity contribution in [2.45, 2.75) is 32.1 Å². The van der Waals surface area contributed by atoms with Crippen LogP contribution in [0.3, 0.4) is 0 Å². The monoisotopic (exact) mass is 250 g/mol. The van der Waals surface area contributed by atoms with Crippen LogP contribution in [-0.4, -0.2) is 11.7 Å². The molecule has 0 N–H and O–H groups in total. The predicted molar refractivity (Wildman–Crippen MR) is 71.4 cm³/mol. The molecule has 2 heteroatoms. The van der Waals surface area contributed by atoms with Gasteiger partial charge >= 0.3 is 0 Å². The van der Waals surface area contributed by atoms with Gasteiger partial charge in [0.1, 0.15) is 5.78 Å². The van der Waals surface area contributed by atoms with Crippen LogP contribution in [0.5, 0.6) is 0 Å². The molecule has 0 bridgehead atoms. The largest absolute Gasteiger partial charge is 0.300 e. The lowest BCUT2D eigenvalue weighted by Gasteiger charge is -2.23. The van der Waals surface area contributed by atoms with Gasteiger partial charge in [-0.3, -0.25) is 0 Å². The molecule has 0 spiro atoms. The Morgan fingerprint density at radius 2 is 2.00 bits per heavy atom. The zero-order valence-electron chi connectivity index (χ0n) is 10.2. The zero-order chi connectivity index (χ0) is 12.3. The number of carbonyl (C=O) groups excluding carboxylic acids is 1. The number of hydrogen-bond acceptors (Lipinski definition) is 1. The fourth-order valence-corrected chi connectivity index (χ4v) is 3.48. The minimum atomic E-state index is 0.285. The van der Waals surface area contributed by atoms with E-state index in [0.717, 1.165) is 6.42 Å². The maximum Gasteiger partial charge on any atom is 0.130 e. The van der Waals surface area contributed by atoms with Crippen LogP contribution in [0.2, 0.25) is 0 Å². The molecular formula is C15H19ClO. The van der Waals surface area contributed by atoms with Crippen LogP contribution in [0.1, 0.15) is 37.7 Å². The highest BCUT2D eigenvalue weighted by Crippen LogP contribution is 2.45. The molecule has 3 atom stereocenters. The molecule has 0 aromatic heterocycles. The average molecular weight is 251 g/mol. The van der Waals surface area contributed by atoms with Crippen molar-refractivity contribution in [3.63, 3.8) is 0 Å². The standard InChI is InChI=1S/C15H19ClO/c1-11(17)9-15-13(10-16)7-8-14(15)12-5-3-2-4-6-12/h2-6,13-15H,7-10H2,1H3/t13-,14-,15+/m1/s1. The van der Waals surface area contributed by atoms with Crippen LogP contribution in [0.4, 0.5) is 0 Å². The highest BCUT2D eigenvalue weighted by molar-refractivity contribution is 6.18. The third-order valence-electron chi connectivity index (χ3n) is 3.92. The van der Waals surface area contributed by atoms with Gasteiger partial charge in [-0.15, -0.1) is 11.6 Å². The summed E-state index contributed by atoms with van der Waals surface area (Å²) < 4.78 is 0. The molecule has 0 amide bonds. The Balaban J connectivity index is 2.18. The van der Waals surface area contributed by atoms with Crippen LogP contribution < -0.4 is 0 Å². The third kappa shape index (κ3) is 2.90. The van der Waals surface area contributed by atoms with Gasteiger partial charge in [-0.05, 0) is 43.1 Å². The summed E-state index contributed by atoms with van der Waals surface area (Å²) in [5, 5.41) is 0. The minimum absolute atomic E-state index is 0.285. The van der Waals surface area contributed by atoms with Gasteiger partial charge in [0.25, 0.3) is 0 Å². The Morgan fingerprint density at radius 1 is 1.29 bits per heavy atom. The number of rotatable bonds is 4. The molecule has 1 fully saturated rings. The van der Waals surface area contributed by atoms with Gasteiger partial charge in [0.05, 0.1) is 0 Å². The quantitative estimate of drug-likeness (QED) is 0.738. The van der Waals surface area contributed by atoms with Crippen LogP contribution in [-0.2, 0) is 4.79 Å². The van der Waals surface area contributed by atoms with E-state index in [1.807, 2.05) is 6.07 Å². The van der Waals surface area contributed by atoms with E-state index in [4.69, 9.17) is 11.6 Å². The van der Waals surface area contributed by atoms with Crippen LogP contribution in [0.25, 0.3) is 0 Å². The SMILES string of the molecule is CC(=O)C[C@H]1[C@@H](CCl)CC[C@@H]1c1ccccc1. The van der Waals surface area contributed by atoms with Crippen molar-refractivity contribution in [3.05, 3.63) is 35.9 Å². The van der Waals surface area contributed by atoms with Crippen molar-refractivity contribution in [2.75, 3.05) is 5.88 Å². The molecule has 92 valence electrons. The average Bonchev–Trinajstić information content (AvgIpc) is 2.72. The summed E-state index contributed by atoms with van der Waals surface area (Å²) >= 11 is 6.03. The van der Waals surface area contributed by atoms with Crippen LogP contribution >= 0.6 is 11.6 Å². The number of Topliss-reactive ketones (excluding diaryl/α,β-unsaturated/α-hetero) is 1. The number of ketones is 1. The Kier molecular flexibility index (Phi) is 4.22. The fraction of sp³-hybridized carbons (Fsp3) is 0.533. The molecule has 1 saturated carbocycles. The molecule has 0 aliphatic heterocycles. The Morgan fingerprint density at radius 3 is 2.59 bits per heavy atom. The molecule has 0 radical (unpaired) electrons. The normalized spacial score (nSPS) is 28.2. The van der Waals surface area contributed by atoms with E-state index in [-0.39, 0.29) is 5.78 Å². The number of alkyl halides is 1. The molecule has 1 aliphatic carbocycles. The second-order valence-corrected chi connectivity index (χ2v) is 5.39. The number of carbonyl (C=O) groups is 1. The van der Waals surface area contributed by atoms with E-state index in [0.29, 0.717) is 30.1 Å². The molecule has 17 heavy (non-hydrogen) atoms. The molecular weight excluding hydrogens is 232 g/mol. The second-order valence-electron chi connectivity index (χ2n) is 5.08. The first-order chi connectivity index (χ1) is 8.22. The van der Waals surface area contributed by atoms with Crippen molar-refractivity contribution in [2.24, 2.45) is 11.8 Å². The molecule has 1 aromatic rings. The van der Waals surface area contributed by atoms with Gasteiger partial charge in [-0.25, -0.2) is 0 Å². The zero-order valence-corrected chi connectivity index (χ0v) is 11.0. The lowest BCUT2D eigenvalue weighted by atomic mass is 9.82. The molecule has 0 saturated heterocycles. The smallest absolute Gasteiger partial charge is 0.130 e. The second kappa shape index (κ2) is 5.68. The van der Waals surface area contributed by atoms with Crippen LogP contribution in [0.15, 0.2) is 30.3 Å². The van der Waals surface area contributed by atoms with E-state index < -0.39 is 0 Å². The number of hydrogen-bond donors (Lipinski definition) is 0. The first kappa shape index (κ1) is 12.6. The summed E-state index contributed by atoms with van der Waals surface area (Å²) in [5.74, 6) is 2.43. The Labute approximate surface area is 108 Å². The lowest BCUT2D eigenvalue weighted by molar-refractivity contribution is -0.118. The topological polar surface area (TPSA) is 17.1 Å². The summed E-state index contributed by atoms with van der Waals surface area (Å²) in [7, 11) is 0. The summed E-state index contributed by atoms with van der Waals surface area (Å²) in [6, 6.07) is 10.5. The van der Waals surface area contributed by atoms with Crippen molar-refractivity contribution < 1.29 is 4.79 Å². The maximum absolute atomic E-state index is 11.4. The molecule has 0 heterocycles. The summed E-state index contributed by atoms with van der Waals surface area (Å²) in [6.45, 7) is 1.69. The summed E-state index contributed by atoms with van der Waals surface area (Å²) in [6.07, 6.45) is 3.00.